The number of hydrogen-bond acceptors (Lipinski definition) is 4. The number of aromatic nitrogens is 1. The van der Waals surface area contributed by atoms with Crippen molar-refractivity contribution < 1.29 is 14.3 Å². The Morgan fingerprint density at radius 2 is 2.08 bits per heavy atom. The van der Waals surface area contributed by atoms with Crippen LogP contribution in [0.2, 0.25) is 0 Å². The molecule has 1 atom stereocenters. The second-order valence-corrected chi connectivity index (χ2v) is 6.57. The van der Waals surface area contributed by atoms with Crippen LogP contribution < -0.4 is 9.47 Å². The molecular weight excluding hydrogens is 372 g/mol. The maximum Gasteiger partial charge on any atom is 0.255 e. The van der Waals surface area contributed by atoms with Crippen LogP contribution in [0, 0.1) is 0 Å². The quantitative estimate of drug-likeness (QED) is 0.795. The number of carbonyl (C=O) groups is 1. The van der Waals surface area contributed by atoms with E-state index in [2.05, 4.69) is 20.9 Å². The first kappa shape index (κ1) is 16.8. The number of amides is 1. The smallest absolute Gasteiger partial charge is 0.255 e. The van der Waals surface area contributed by atoms with Crippen molar-refractivity contribution in [1.82, 2.24) is 9.88 Å². The minimum Gasteiger partial charge on any atom is -0.497 e. The van der Waals surface area contributed by atoms with E-state index in [1.54, 1.807) is 32.7 Å². The van der Waals surface area contributed by atoms with Crippen molar-refractivity contribution in [3.05, 3.63) is 52.3 Å². The highest BCUT2D eigenvalue weighted by Gasteiger charge is 2.32. The molecule has 126 valence electrons. The average molecular weight is 391 g/mol. The number of likely N-dealkylation sites (tertiary alicyclic amines) is 1. The molecule has 1 aliphatic heterocycles. The van der Waals surface area contributed by atoms with Gasteiger partial charge in [0, 0.05) is 35.0 Å². The molecule has 1 aromatic carbocycles. The van der Waals surface area contributed by atoms with E-state index in [9.17, 15) is 4.79 Å². The molecule has 6 heteroatoms. The van der Waals surface area contributed by atoms with Crippen molar-refractivity contribution in [2.24, 2.45) is 0 Å². The zero-order chi connectivity index (χ0) is 17.1. The Balaban J connectivity index is 1.92. The molecular formula is C18H19BrN2O3. The topological polar surface area (TPSA) is 51.7 Å². The zero-order valence-electron chi connectivity index (χ0n) is 13.7. The lowest BCUT2D eigenvalue weighted by Gasteiger charge is -2.26. The summed E-state index contributed by atoms with van der Waals surface area (Å²) in [7, 11) is 3.26. The molecule has 1 saturated heterocycles. The number of rotatable bonds is 4. The van der Waals surface area contributed by atoms with Crippen molar-refractivity contribution in [3.63, 3.8) is 0 Å². The Morgan fingerprint density at radius 3 is 2.79 bits per heavy atom. The molecule has 1 amide bonds. The summed E-state index contributed by atoms with van der Waals surface area (Å²) in [4.78, 5) is 18.9. The zero-order valence-corrected chi connectivity index (χ0v) is 15.2. The lowest BCUT2D eigenvalue weighted by Crippen LogP contribution is -2.30. The maximum absolute atomic E-state index is 12.9. The Bertz CT molecular complexity index is 751. The van der Waals surface area contributed by atoms with Gasteiger partial charge in [-0.2, -0.15) is 0 Å². The third kappa shape index (κ3) is 3.24. The molecule has 0 saturated carbocycles. The van der Waals surface area contributed by atoms with Crippen LogP contribution in [0.5, 0.6) is 11.5 Å². The predicted molar refractivity (Wildman–Crippen MR) is 94.5 cm³/mol. The summed E-state index contributed by atoms with van der Waals surface area (Å²) in [5.74, 6) is 1.47. The van der Waals surface area contributed by atoms with Crippen molar-refractivity contribution in [3.8, 4) is 11.5 Å². The molecule has 5 nitrogen and oxygen atoms in total. The van der Waals surface area contributed by atoms with E-state index in [1.165, 1.54) is 0 Å². The van der Waals surface area contributed by atoms with Gasteiger partial charge in [-0.25, -0.2) is 0 Å². The number of benzene rings is 1. The van der Waals surface area contributed by atoms with Gasteiger partial charge in [0.15, 0.2) is 0 Å². The van der Waals surface area contributed by atoms with Crippen LogP contribution in [0.4, 0.5) is 0 Å². The summed E-state index contributed by atoms with van der Waals surface area (Å²) in [5.41, 5.74) is 1.59. The summed E-state index contributed by atoms with van der Waals surface area (Å²) in [6, 6.07) is 7.54. The van der Waals surface area contributed by atoms with Crippen molar-refractivity contribution in [2.75, 3.05) is 20.8 Å². The highest BCUT2D eigenvalue weighted by atomic mass is 79.9. The van der Waals surface area contributed by atoms with Gasteiger partial charge in [-0.15, -0.1) is 0 Å². The number of methoxy groups -OCH3 is 2. The maximum atomic E-state index is 12.9. The van der Waals surface area contributed by atoms with Gasteiger partial charge in [0.2, 0.25) is 0 Å². The summed E-state index contributed by atoms with van der Waals surface area (Å²) < 4.78 is 11.6. The highest BCUT2D eigenvalue weighted by molar-refractivity contribution is 9.10. The first-order valence-electron chi connectivity index (χ1n) is 7.77. The second kappa shape index (κ2) is 7.21. The minimum absolute atomic E-state index is 0.00247. The van der Waals surface area contributed by atoms with E-state index in [-0.39, 0.29) is 11.9 Å². The standard InChI is InChI=1S/C18H19BrN2O3/c1-23-14-5-6-15(17(9-14)24-2)16-4-3-7-21(16)18(22)12-8-13(19)11-20-10-12/h5-6,8-11,16H,3-4,7H2,1-2H3. The van der Waals surface area contributed by atoms with Crippen molar-refractivity contribution >= 4 is 21.8 Å². The molecule has 0 bridgehead atoms. The molecule has 24 heavy (non-hydrogen) atoms. The fourth-order valence-electron chi connectivity index (χ4n) is 3.12. The van der Waals surface area contributed by atoms with Crippen LogP contribution in [0.25, 0.3) is 0 Å². The fourth-order valence-corrected chi connectivity index (χ4v) is 3.49. The Hall–Kier alpha value is -2.08. The van der Waals surface area contributed by atoms with E-state index in [0.717, 1.165) is 40.9 Å². The molecule has 1 unspecified atom stereocenters. The van der Waals surface area contributed by atoms with Gasteiger partial charge in [0.05, 0.1) is 25.8 Å². The third-order valence-corrected chi connectivity index (χ3v) is 4.70. The van der Waals surface area contributed by atoms with Gasteiger partial charge < -0.3 is 14.4 Å². The molecule has 3 rings (SSSR count). The monoisotopic (exact) mass is 390 g/mol. The molecule has 0 spiro atoms. The third-order valence-electron chi connectivity index (χ3n) is 4.27. The number of halogens is 1. The van der Waals surface area contributed by atoms with E-state index in [0.29, 0.717) is 5.56 Å². The Kier molecular flexibility index (Phi) is 5.04. The molecule has 1 aromatic heterocycles. The van der Waals surface area contributed by atoms with E-state index in [4.69, 9.17) is 9.47 Å². The Labute approximate surface area is 149 Å². The van der Waals surface area contributed by atoms with Crippen molar-refractivity contribution in [2.45, 2.75) is 18.9 Å². The van der Waals surface area contributed by atoms with Gasteiger partial charge in [-0.05, 0) is 47.0 Å². The summed E-state index contributed by atoms with van der Waals surface area (Å²) in [6.07, 6.45) is 5.15. The lowest BCUT2D eigenvalue weighted by molar-refractivity contribution is 0.0733. The van der Waals surface area contributed by atoms with Gasteiger partial charge in [0.25, 0.3) is 5.91 Å². The first-order chi connectivity index (χ1) is 11.6. The molecule has 0 aliphatic carbocycles. The highest BCUT2D eigenvalue weighted by Crippen LogP contribution is 2.39. The molecule has 1 aliphatic rings. The largest absolute Gasteiger partial charge is 0.497 e. The first-order valence-corrected chi connectivity index (χ1v) is 8.56. The number of hydrogen-bond donors (Lipinski definition) is 0. The van der Waals surface area contributed by atoms with Gasteiger partial charge in [-0.1, -0.05) is 0 Å². The van der Waals surface area contributed by atoms with Crippen LogP contribution >= 0.6 is 15.9 Å². The number of pyridine rings is 1. The molecule has 2 aromatic rings. The number of ether oxygens (including phenoxy) is 2. The van der Waals surface area contributed by atoms with Crippen LogP contribution in [-0.2, 0) is 0 Å². The van der Waals surface area contributed by atoms with Gasteiger partial charge >= 0.3 is 0 Å². The lowest BCUT2D eigenvalue weighted by atomic mass is 10.0. The summed E-state index contributed by atoms with van der Waals surface area (Å²) >= 11 is 3.37. The van der Waals surface area contributed by atoms with Crippen LogP contribution in [-0.4, -0.2) is 36.6 Å². The molecule has 0 N–H and O–H groups in total. The summed E-state index contributed by atoms with van der Waals surface area (Å²) in [6.45, 7) is 0.727. The second-order valence-electron chi connectivity index (χ2n) is 5.66. The van der Waals surface area contributed by atoms with E-state index in [1.807, 2.05) is 23.1 Å². The van der Waals surface area contributed by atoms with Gasteiger partial charge in [0.1, 0.15) is 11.5 Å². The van der Waals surface area contributed by atoms with Crippen molar-refractivity contribution in [1.29, 1.82) is 0 Å². The number of nitrogens with zero attached hydrogens (tertiary/aromatic N) is 2. The molecule has 0 radical (unpaired) electrons. The number of carbonyl (C=O) groups excluding carboxylic acids is 1. The van der Waals surface area contributed by atoms with Crippen LogP contribution in [0.15, 0.2) is 41.1 Å². The average Bonchev–Trinajstić information content (AvgIpc) is 3.09. The normalized spacial score (nSPS) is 17.0. The van der Waals surface area contributed by atoms with E-state index < -0.39 is 0 Å². The summed E-state index contributed by atoms with van der Waals surface area (Å²) in [5, 5.41) is 0. The van der Waals surface area contributed by atoms with Gasteiger partial charge in [-0.3, -0.25) is 9.78 Å². The SMILES string of the molecule is COc1ccc(C2CCCN2C(=O)c2cncc(Br)c2)c(OC)c1. The fraction of sp³-hybridized carbons (Fsp3) is 0.333. The molecule has 1 fully saturated rings. The predicted octanol–water partition coefficient (Wildman–Crippen LogP) is 3.84. The Morgan fingerprint density at radius 1 is 1.25 bits per heavy atom. The van der Waals surface area contributed by atoms with Crippen LogP contribution in [0.3, 0.4) is 0 Å². The van der Waals surface area contributed by atoms with Crippen LogP contribution in [0.1, 0.15) is 34.8 Å². The van der Waals surface area contributed by atoms with E-state index >= 15 is 0 Å². The molecule has 2 heterocycles. The minimum atomic E-state index is -0.0100.